The summed E-state index contributed by atoms with van der Waals surface area (Å²) >= 11 is 0. The predicted molar refractivity (Wildman–Crippen MR) is 82.0 cm³/mol. The maximum atomic E-state index is 13.9. The van der Waals surface area contributed by atoms with E-state index in [2.05, 4.69) is 24.4 Å². The number of hydrazine groups is 1. The Labute approximate surface area is 125 Å². The number of hydrogen-bond donors (Lipinski definition) is 2. The molecule has 0 bridgehead atoms. The van der Waals surface area contributed by atoms with E-state index in [1.165, 1.54) is 6.07 Å². The van der Waals surface area contributed by atoms with Crippen molar-refractivity contribution in [2.75, 3.05) is 0 Å². The van der Waals surface area contributed by atoms with E-state index >= 15 is 0 Å². The zero-order valence-corrected chi connectivity index (χ0v) is 12.6. The minimum absolute atomic E-state index is 0.250. The van der Waals surface area contributed by atoms with Gasteiger partial charge in [0.2, 0.25) is 0 Å². The quantitative estimate of drug-likeness (QED) is 0.608. The molecule has 2 rings (SSSR count). The molecule has 2 aromatic rings. The molecule has 1 aromatic heterocycles. The fraction of sp³-hybridized carbons (Fsp3) is 0.438. The van der Waals surface area contributed by atoms with Crippen LogP contribution in [0.4, 0.5) is 4.39 Å². The number of benzene rings is 1. The molecule has 0 saturated carbocycles. The van der Waals surface area contributed by atoms with Crippen molar-refractivity contribution in [1.82, 2.24) is 15.2 Å². The van der Waals surface area contributed by atoms with Crippen molar-refractivity contribution in [3.8, 4) is 0 Å². The van der Waals surface area contributed by atoms with Gasteiger partial charge in [0.05, 0.1) is 17.8 Å². The zero-order valence-electron chi connectivity index (χ0n) is 12.6. The van der Waals surface area contributed by atoms with Gasteiger partial charge in [0.15, 0.2) is 0 Å². The first-order valence-corrected chi connectivity index (χ1v) is 7.44. The van der Waals surface area contributed by atoms with Gasteiger partial charge in [-0.1, -0.05) is 32.0 Å². The normalized spacial score (nSPS) is 12.8. The van der Waals surface area contributed by atoms with Crippen molar-refractivity contribution in [3.63, 3.8) is 0 Å². The van der Waals surface area contributed by atoms with Crippen LogP contribution in [0.1, 0.15) is 50.0 Å². The second-order valence-electron chi connectivity index (χ2n) is 5.20. The average molecular weight is 290 g/mol. The summed E-state index contributed by atoms with van der Waals surface area (Å²) in [5.41, 5.74) is 4.16. The molecule has 1 atom stereocenters. The van der Waals surface area contributed by atoms with Crippen LogP contribution in [0.25, 0.3) is 0 Å². The Kier molecular flexibility index (Phi) is 5.47. The van der Waals surface area contributed by atoms with Crippen molar-refractivity contribution in [2.24, 2.45) is 5.84 Å². The van der Waals surface area contributed by atoms with Crippen LogP contribution in [0, 0.1) is 5.82 Å². The Hall–Kier alpha value is -1.72. The number of rotatable bonds is 7. The second-order valence-corrected chi connectivity index (χ2v) is 5.20. The van der Waals surface area contributed by atoms with E-state index in [1.54, 1.807) is 12.1 Å². The Morgan fingerprint density at radius 2 is 1.95 bits per heavy atom. The molecule has 0 saturated heterocycles. The summed E-state index contributed by atoms with van der Waals surface area (Å²) < 4.78 is 15.8. The third-order valence-corrected chi connectivity index (χ3v) is 3.88. The lowest BCUT2D eigenvalue weighted by molar-refractivity contribution is 0.421. The molecular weight excluding hydrogens is 267 g/mol. The van der Waals surface area contributed by atoms with Crippen LogP contribution in [0.3, 0.4) is 0 Å². The van der Waals surface area contributed by atoms with Crippen LogP contribution in [0.15, 0.2) is 36.5 Å². The molecule has 0 aliphatic rings. The van der Waals surface area contributed by atoms with Crippen LogP contribution in [-0.4, -0.2) is 9.78 Å². The van der Waals surface area contributed by atoms with Crippen LogP contribution in [-0.2, 0) is 6.42 Å². The minimum atomic E-state index is -0.281. The summed E-state index contributed by atoms with van der Waals surface area (Å²) in [6, 6.07) is 8.79. The van der Waals surface area contributed by atoms with E-state index in [9.17, 15) is 4.39 Å². The van der Waals surface area contributed by atoms with Crippen LogP contribution in [0.5, 0.6) is 0 Å². The monoisotopic (exact) mass is 290 g/mol. The van der Waals surface area contributed by atoms with E-state index in [0.29, 0.717) is 18.0 Å². The molecule has 0 radical (unpaired) electrons. The highest BCUT2D eigenvalue weighted by Crippen LogP contribution is 2.21. The summed E-state index contributed by atoms with van der Waals surface area (Å²) in [6.07, 6.45) is 4.64. The smallest absolute Gasteiger partial charge is 0.128 e. The highest BCUT2D eigenvalue weighted by molar-refractivity contribution is 5.22. The van der Waals surface area contributed by atoms with Crippen LogP contribution < -0.4 is 11.3 Å². The average Bonchev–Trinajstić information content (AvgIpc) is 2.95. The molecule has 1 heterocycles. The maximum Gasteiger partial charge on any atom is 0.128 e. The van der Waals surface area contributed by atoms with Crippen molar-refractivity contribution < 1.29 is 4.39 Å². The fourth-order valence-electron chi connectivity index (χ4n) is 2.58. The first-order valence-electron chi connectivity index (χ1n) is 7.44. The highest BCUT2D eigenvalue weighted by Gasteiger charge is 2.16. The molecule has 5 heteroatoms. The van der Waals surface area contributed by atoms with Gasteiger partial charge in [0, 0.05) is 18.2 Å². The lowest BCUT2D eigenvalue weighted by Crippen LogP contribution is -2.30. The lowest BCUT2D eigenvalue weighted by atomic mass is 10.0. The summed E-state index contributed by atoms with van der Waals surface area (Å²) in [6.45, 7) is 4.30. The summed E-state index contributed by atoms with van der Waals surface area (Å²) in [5.74, 6) is 5.34. The Morgan fingerprint density at radius 3 is 2.57 bits per heavy atom. The lowest BCUT2D eigenvalue weighted by Gasteiger charge is -2.16. The number of aromatic nitrogens is 2. The van der Waals surface area contributed by atoms with E-state index in [1.807, 2.05) is 23.0 Å². The van der Waals surface area contributed by atoms with E-state index in [4.69, 9.17) is 5.84 Å². The third kappa shape index (κ3) is 3.68. The van der Waals surface area contributed by atoms with Gasteiger partial charge in [-0.25, -0.2) is 4.39 Å². The minimum Gasteiger partial charge on any atom is -0.271 e. The summed E-state index contributed by atoms with van der Waals surface area (Å²) in [4.78, 5) is 0. The van der Waals surface area contributed by atoms with Gasteiger partial charge in [-0.2, -0.15) is 5.10 Å². The van der Waals surface area contributed by atoms with Gasteiger partial charge in [0.1, 0.15) is 5.82 Å². The molecule has 0 fully saturated rings. The standard InChI is InChI=1S/C16H23FN4/c1-3-13(4-2)21-10-9-12(20-21)11-16(19-18)14-7-5-6-8-15(14)17/h5-10,13,16,19H,3-4,11,18H2,1-2H3. The second kappa shape index (κ2) is 7.33. The molecule has 0 spiro atoms. The molecule has 1 aromatic carbocycles. The Morgan fingerprint density at radius 1 is 1.24 bits per heavy atom. The first kappa shape index (κ1) is 15.7. The van der Waals surface area contributed by atoms with E-state index in [0.717, 1.165) is 18.5 Å². The Bertz CT molecular complexity index is 563. The molecule has 21 heavy (non-hydrogen) atoms. The SMILES string of the molecule is CCC(CC)n1ccc(CC(NN)c2ccccc2F)n1. The summed E-state index contributed by atoms with van der Waals surface area (Å²) in [7, 11) is 0. The van der Waals surface area contributed by atoms with Crippen molar-refractivity contribution in [1.29, 1.82) is 0 Å². The third-order valence-electron chi connectivity index (χ3n) is 3.88. The molecule has 3 N–H and O–H groups in total. The maximum absolute atomic E-state index is 13.9. The number of hydrogen-bond acceptors (Lipinski definition) is 3. The van der Waals surface area contributed by atoms with Gasteiger partial charge in [0.25, 0.3) is 0 Å². The van der Waals surface area contributed by atoms with Gasteiger partial charge < -0.3 is 0 Å². The van der Waals surface area contributed by atoms with Gasteiger partial charge in [-0.15, -0.1) is 0 Å². The summed E-state index contributed by atoms with van der Waals surface area (Å²) in [5, 5.41) is 4.59. The number of halogens is 1. The molecule has 4 nitrogen and oxygen atoms in total. The van der Waals surface area contributed by atoms with Crippen molar-refractivity contribution >= 4 is 0 Å². The first-order chi connectivity index (χ1) is 10.2. The van der Waals surface area contributed by atoms with E-state index < -0.39 is 0 Å². The van der Waals surface area contributed by atoms with Crippen LogP contribution >= 0.6 is 0 Å². The van der Waals surface area contributed by atoms with Crippen molar-refractivity contribution in [3.05, 3.63) is 53.6 Å². The van der Waals surface area contributed by atoms with Gasteiger partial charge in [-0.3, -0.25) is 16.0 Å². The molecular formula is C16H23FN4. The molecule has 0 amide bonds. The van der Waals surface area contributed by atoms with Crippen molar-refractivity contribution in [2.45, 2.75) is 45.2 Å². The molecule has 1 unspecified atom stereocenters. The van der Waals surface area contributed by atoms with Crippen LogP contribution in [0.2, 0.25) is 0 Å². The zero-order chi connectivity index (χ0) is 15.2. The fourth-order valence-corrected chi connectivity index (χ4v) is 2.58. The van der Waals surface area contributed by atoms with E-state index in [-0.39, 0.29) is 11.9 Å². The number of nitrogens with zero attached hydrogens (tertiary/aromatic N) is 2. The molecule has 114 valence electrons. The topological polar surface area (TPSA) is 55.9 Å². The highest BCUT2D eigenvalue weighted by atomic mass is 19.1. The Balaban J connectivity index is 2.14. The predicted octanol–water partition coefficient (Wildman–Crippen LogP) is 3.13. The van der Waals surface area contributed by atoms with Gasteiger partial charge in [-0.05, 0) is 25.0 Å². The molecule has 0 aliphatic carbocycles. The molecule has 0 aliphatic heterocycles. The van der Waals surface area contributed by atoms with Gasteiger partial charge >= 0.3 is 0 Å². The largest absolute Gasteiger partial charge is 0.271 e. The number of nitrogens with two attached hydrogens (primary N) is 1. The number of nitrogens with one attached hydrogen (secondary N) is 1.